The zero-order chi connectivity index (χ0) is 24.7. The van der Waals surface area contributed by atoms with Crippen molar-refractivity contribution >= 4 is 0 Å². The van der Waals surface area contributed by atoms with Gasteiger partial charge in [-0.15, -0.1) is 0 Å². The van der Waals surface area contributed by atoms with Crippen LogP contribution >= 0.6 is 0 Å². The summed E-state index contributed by atoms with van der Waals surface area (Å²) in [5, 5.41) is 0. The van der Waals surface area contributed by atoms with Crippen LogP contribution in [0.4, 0.5) is 0 Å². The van der Waals surface area contributed by atoms with Crippen molar-refractivity contribution < 1.29 is 0 Å². The number of hydrogen-bond acceptors (Lipinski definition) is 0. The highest BCUT2D eigenvalue weighted by molar-refractivity contribution is 5.51. The first-order valence-corrected chi connectivity index (χ1v) is 13.3. The fourth-order valence-electron chi connectivity index (χ4n) is 15.2. The number of rotatable bonds is 1. The summed E-state index contributed by atoms with van der Waals surface area (Å²) in [6.45, 7) is 48.4. The summed E-state index contributed by atoms with van der Waals surface area (Å²) in [5.41, 5.74) is 2.84. The van der Waals surface area contributed by atoms with Gasteiger partial charge in [0.05, 0.1) is 0 Å². The van der Waals surface area contributed by atoms with E-state index in [1.165, 1.54) is 6.42 Å². The Bertz CT molecular complexity index is 884. The van der Waals surface area contributed by atoms with Gasteiger partial charge in [-0.25, -0.2) is 0 Å². The summed E-state index contributed by atoms with van der Waals surface area (Å²) in [4.78, 5) is 0. The largest absolute Gasteiger partial charge is 0.0648 e. The van der Waals surface area contributed by atoms with Crippen molar-refractivity contribution in [2.45, 2.75) is 131 Å². The minimum Gasteiger partial charge on any atom is -0.0648 e. The smallest absolute Gasteiger partial charge is 0.0132 e. The normalized spacial score (nSPS) is 61.0. The van der Waals surface area contributed by atoms with E-state index in [2.05, 4.69) is 125 Å². The highest BCUT2D eigenvalue weighted by atomic mass is 15.1. The van der Waals surface area contributed by atoms with Crippen LogP contribution in [0.5, 0.6) is 0 Å². The van der Waals surface area contributed by atoms with Crippen LogP contribution in [0.1, 0.15) is 131 Å². The quantitative estimate of drug-likeness (QED) is 0.365. The lowest BCUT2D eigenvalue weighted by Crippen LogP contribution is -2.74. The van der Waals surface area contributed by atoms with Crippen molar-refractivity contribution in [1.29, 1.82) is 0 Å². The van der Waals surface area contributed by atoms with E-state index < -0.39 is 0 Å². The maximum Gasteiger partial charge on any atom is -0.0132 e. The van der Waals surface area contributed by atoms with Gasteiger partial charge in [0, 0.05) is 0 Å². The van der Waals surface area contributed by atoms with Gasteiger partial charge in [0.1, 0.15) is 0 Å². The average Bonchev–Trinajstić information content (AvgIpc) is 2.86. The summed E-state index contributed by atoms with van der Waals surface area (Å²) in [6.07, 6.45) is 1.26. The standard InChI is InChI=1S/C31H56/c1-19-25(12)22(6,7)28(15)24(10,11)29(25,16)31(18)27(14)21(4,5)20(2,3)26(13,23(27,8)9)30(28,31)17/h19H2,1-18H3. The van der Waals surface area contributed by atoms with Crippen LogP contribution in [0.25, 0.3) is 0 Å². The predicted molar refractivity (Wildman–Crippen MR) is 136 cm³/mol. The van der Waals surface area contributed by atoms with Crippen molar-refractivity contribution in [2.24, 2.45) is 65.0 Å². The Balaban J connectivity index is 2.36. The maximum atomic E-state index is 2.80. The van der Waals surface area contributed by atoms with Crippen LogP contribution in [0.2, 0.25) is 0 Å². The summed E-state index contributed by atoms with van der Waals surface area (Å²) < 4.78 is 0. The van der Waals surface area contributed by atoms with E-state index in [1.54, 1.807) is 0 Å². The summed E-state index contributed by atoms with van der Waals surface area (Å²) in [7, 11) is 0. The van der Waals surface area contributed by atoms with Crippen molar-refractivity contribution in [3.8, 4) is 0 Å². The third-order valence-corrected chi connectivity index (χ3v) is 18.5. The lowest BCUT2D eigenvalue weighted by atomic mass is 9.25. The SMILES string of the molecule is CCC1(C)C(C)(C)C2(C)C(C)(C)C1(C)C1(C)C3(C)C(C)(C)C(C)(C)C(C)(C3(C)C)C21C. The molecule has 4 aliphatic rings. The van der Waals surface area contributed by atoms with Crippen LogP contribution in [-0.4, -0.2) is 0 Å². The van der Waals surface area contributed by atoms with Gasteiger partial charge in [0.25, 0.3) is 0 Å². The molecule has 0 N–H and O–H groups in total. The number of fused-ring (bicyclic) bond motifs is 9. The van der Waals surface area contributed by atoms with Crippen molar-refractivity contribution in [1.82, 2.24) is 0 Å². The minimum absolute atomic E-state index is 0.218. The van der Waals surface area contributed by atoms with E-state index in [0.717, 1.165) is 0 Å². The molecule has 0 aromatic rings. The van der Waals surface area contributed by atoms with E-state index in [9.17, 15) is 0 Å². The van der Waals surface area contributed by atoms with E-state index >= 15 is 0 Å². The average molecular weight is 429 g/mol. The lowest BCUT2D eigenvalue weighted by molar-refractivity contribution is -0.318. The van der Waals surface area contributed by atoms with Crippen molar-refractivity contribution in [3.05, 3.63) is 0 Å². The summed E-state index contributed by atoms with van der Waals surface area (Å²) in [6, 6.07) is 0. The van der Waals surface area contributed by atoms with Crippen LogP contribution in [0, 0.1) is 65.0 Å². The Hall–Kier alpha value is 0. The first-order chi connectivity index (χ1) is 13.3. The molecule has 0 aliphatic heterocycles. The fraction of sp³-hybridized carbons (Fsp3) is 1.00. The van der Waals surface area contributed by atoms with Crippen molar-refractivity contribution in [3.63, 3.8) is 0 Å². The van der Waals surface area contributed by atoms with Gasteiger partial charge >= 0.3 is 0 Å². The van der Waals surface area contributed by atoms with Crippen LogP contribution in [0.15, 0.2) is 0 Å². The molecule has 4 bridgehead atoms. The van der Waals surface area contributed by atoms with E-state index in [0.29, 0.717) is 0 Å². The fourth-order valence-corrected chi connectivity index (χ4v) is 15.2. The zero-order valence-electron chi connectivity index (χ0n) is 24.7. The minimum atomic E-state index is 0.218. The van der Waals surface area contributed by atoms with Gasteiger partial charge in [-0.2, -0.15) is 0 Å². The zero-order valence-corrected chi connectivity index (χ0v) is 24.7. The van der Waals surface area contributed by atoms with Crippen molar-refractivity contribution in [2.75, 3.05) is 0 Å². The molecule has 0 aromatic heterocycles. The predicted octanol–water partition coefficient (Wildman–Crippen LogP) is 9.63. The molecule has 0 spiro atoms. The van der Waals surface area contributed by atoms with E-state index in [4.69, 9.17) is 0 Å². The Kier molecular flexibility index (Phi) is 3.69. The second kappa shape index (κ2) is 4.73. The monoisotopic (exact) mass is 428 g/mol. The van der Waals surface area contributed by atoms with Crippen LogP contribution in [-0.2, 0) is 0 Å². The number of hydrogen-bond donors (Lipinski definition) is 0. The summed E-state index contributed by atoms with van der Waals surface area (Å²) >= 11 is 0. The highest BCUT2D eigenvalue weighted by Gasteiger charge is 3.04. The molecule has 0 radical (unpaired) electrons. The molecule has 0 saturated heterocycles. The van der Waals surface area contributed by atoms with Gasteiger partial charge in [-0.3, -0.25) is 0 Å². The molecule has 0 nitrogen and oxygen atoms in total. The molecule has 4 saturated carbocycles. The molecule has 0 amide bonds. The van der Waals surface area contributed by atoms with E-state index in [-0.39, 0.29) is 65.0 Å². The van der Waals surface area contributed by atoms with Crippen LogP contribution in [0.3, 0.4) is 0 Å². The molecular weight excluding hydrogens is 372 g/mol. The molecule has 0 heterocycles. The Labute approximate surface area is 196 Å². The molecule has 31 heavy (non-hydrogen) atoms. The Morgan fingerprint density at radius 3 is 0.871 bits per heavy atom. The van der Waals surface area contributed by atoms with E-state index in [1.807, 2.05) is 0 Å². The van der Waals surface area contributed by atoms with Gasteiger partial charge in [0.15, 0.2) is 0 Å². The maximum absolute atomic E-state index is 2.80. The topological polar surface area (TPSA) is 0 Å². The first-order valence-electron chi connectivity index (χ1n) is 13.3. The Morgan fingerprint density at radius 1 is 0.290 bits per heavy atom. The molecule has 180 valence electrons. The Morgan fingerprint density at radius 2 is 0.548 bits per heavy atom. The molecule has 0 aromatic carbocycles. The second-order valence-electron chi connectivity index (χ2n) is 16.6. The van der Waals surface area contributed by atoms with Gasteiger partial charge < -0.3 is 0 Å². The molecule has 4 rings (SSSR count). The molecule has 7 unspecified atom stereocenters. The molecule has 4 fully saturated rings. The molecule has 0 heteroatoms. The second-order valence-corrected chi connectivity index (χ2v) is 16.6. The highest BCUT2D eigenvalue weighted by Crippen LogP contribution is 3.09. The third-order valence-electron chi connectivity index (χ3n) is 18.5. The lowest BCUT2D eigenvalue weighted by Gasteiger charge is -2.78. The summed E-state index contributed by atoms with van der Waals surface area (Å²) in [5.74, 6) is 0. The van der Waals surface area contributed by atoms with Crippen LogP contribution < -0.4 is 0 Å². The first kappa shape index (κ1) is 24.1. The molecule has 4 aliphatic carbocycles. The van der Waals surface area contributed by atoms with Gasteiger partial charge in [0.2, 0.25) is 0 Å². The third kappa shape index (κ3) is 1.24. The molecule has 7 atom stereocenters. The van der Waals surface area contributed by atoms with Gasteiger partial charge in [-0.05, 0) is 71.4 Å². The molecular formula is C31H56. The van der Waals surface area contributed by atoms with Gasteiger partial charge in [-0.1, -0.05) is 125 Å².